The number of aryl methyl sites for hydroxylation is 2. The Labute approximate surface area is 174 Å². The van der Waals surface area contributed by atoms with Gasteiger partial charge in [0.05, 0.1) is 17.0 Å². The number of hydrogen-bond acceptors (Lipinski definition) is 7. The van der Waals surface area contributed by atoms with Gasteiger partial charge in [0.1, 0.15) is 11.5 Å². The number of nitro groups is 1. The molecule has 0 saturated heterocycles. The van der Waals surface area contributed by atoms with Gasteiger partial charge in [0, 0.05) is 18.7 Å². The number of hydrogen-bond donors (Lipinski definition) is 1. The predicted molar refractivity (Wildman–Crippen MR) is 109 cm³/mol. The van der Waals surface area contributed by atoms with Crippen LogP contribution in [-0.2, 0) is 25.8 Å². The molecule has 0 unspecified atom stereocenters. The molecular formula is C20H22N2O7S. The molecule has 9 nitrogen and oxygen atoms in total. The summed E-state index contributed by atoms with van der Waals surface area (Å²) in [6, 6.07) is 10.9. The third kappa shape index (κ3) is 6.66. The Morgan fingerprint density at radius 3 is 2.40 bits per heavy atom. The first kappa shape index (κ1) is 23.0. The minimum atomic E-state index is -3.82. The zero-order chi connectivity index (χ0) is 22.3. The molecule has 0 aliphatic heterocycles. The van der Waals surface area contributed by atoms with Crippen molar-refractivity contribution in [1.29, 1.82) is 0 Å². The average molecular weight is 434 g/mol. The van der Waals surface area contributed by atoms with Crippen LogP contribution in [-0.4, -0.2) is 44.6 Å². The number of nitrogens with zero attached hydrogens (tertiary/aromatic N) is 1. The Hall–Kier alpha value is -3.27. The predicted octanol–water partition coefficient (Wildman–Crippen LogP) is 2.21. The second-order valence-electron chi connectivity index (χ2n) is 6.68. The van der Waals surface area contributed by atoms with Crippen molar-refractivity contribution in [1.82, 2.24) is 5.32 Å². The van der Waals surface area contributed by atoms with Gasteiger partial charge in [0.2, 0.25) is 5.91 Å². The van der Waals surface area contributed by atoms with Gasteiger partial charge in [-0.2, -0.15) is 0 Å². The van der Waals surface area contributed by atoms with Crippen molar-refractivity contribution in [3.05, 3.63) is 69.3 Å². The molecule has 1 amide bonds. The number of esters is 1. The summed E-state index contributed by atoms with van der Waals surface area (Å²) in [5, 5.41) is 13.7. The summed E-state index contributed by atoms with van der Waals surface area (Å²) in [7, 11) is -3.82. The average Bonchev–Trinajstić information content (AvgIpc) is 2.69. The van der Waals surface area contributed by atoms with Crippen molar-refractivity contribution < 1.29 is 27.7 Å². The third-order valence-corrected chi connectivity index (χ3v) is 5.35. The quantitative estimate of drug-likeness (QED) is 0.277. The Bertz CT molecular complexity index is 1050. The van der Waals surface area contributed by atoms with Crippen LogP contribution in [0.3, 0.4) is 0 Å². The molecule has 0 fully saturated rings. The Morgan fingerprint density at radius 2 is 1.80 bits per heavy atom. The van der Waals surface area contributed by atoms with Gasteiger partial charge in [-0.15, -0.1) is 0 Å². The van der Waals surface area contributed by atoms with E-state index >= 15 is 0 Å². The monoisotopic (exact) mass is 434 g/mol. The van der Waals surface area contributed by atoms with Crippen LogP contribution in [0.25, 0.3) is 0 Å². The molecule has 1 N–H and O–H groups in total. The van der Waals surface area contributed by atoms with Crippen LogP contribution in [0.2, 0.25) is 0 Å². The van der Waals surface area contributed by atoms with E-state index in [1.807, 2.05) is 31.2 Å². The van der Waals surface area contributed by atoms with Crippen molar-refractivity contribution in [2.24, 2.45) is 0 Å². The van der Waals surface area contributed by atoms with E-state index in [1.54, 1.807) is 0 Å². The fourth-order valence-electron chi connectivity index (χ4n) is 2.62. The van der Waals surface area contributed by atoms with Gasteiger partial charge in [-0.05, 0) is 31.0 Å². The molecule has 160 valence electrons. The maximum absolute atomic E-state index is 12.1. The first-order valence-electron chi connectivity index (χ1n) is 9.06. The van der Waals surface area contributed by atoms with E-state index in [9.17, 15) is 28.1 Å². The molecule has 2 aromatic carbocycles. The molecule has 0 radical (unpaired) electrons. The lowest BCUT2D eigenvalue weighted by molar-refractivity contribution is -0.387. The molecule has 0 saturated carbocycles. The van der Waals surface area contributed by atoms with Gasteiger partial charge in [-0.25, -0.2) is 13.2 Å². The van der Waals surface area contributed by atoms with Crippen molar-refractivity contribution in [2.45, 2.75) is 24.7 Å². The van der Waals surface area contributed by atoms with E-state index in [1.165, 1.54) is 0 Å². The summed E-state index contributed by atoms with van der Waals surface area (Å²) < 4.78 is 28.2. The second-order valence-corrected chi connectivity index (χ2v) is 8.67. The van der Waals surface area contributed by atoms with Crippen molar-refractivity contribution in [3.8, 4) is 0 Å². The highest BCUT2D eigenvalue weighted by Gasteiger charge is 2.24. The van der Waals surface area contributed by atoms with Crippen LogP contribution in [0.1, 0.15) is 27.9 Å². The number of carbonyl (C=O) groups excluding carboxylic acids is 2. The summed E-state index contributed by atoms with van der Waals surface area (Å²) in [6.07, 6.45) is 1.72. The molecule has 0 heterocycles. The number of sulfone groups is 1. The maximum Gasteiger partial charge on any atom is 0.338 e. The Kier molecular flexibility index (Phi) is 7.65. The highest BCUT2D eigenvalue weighted by molar-refractivity contribution is 7.90. The maximum atomic E-state index is 12.1. The van der Waals surface area contributed by atoms with E-state index in [2.05, 4.69) is 5.32 Å². The zero-order valence-corrected chi connectivity index (χ0v) is 17.4. The van der Waals surface area contributed by atoms with Crippen LogP contribution < -0.4 is 5.32 Å². The molecule has 0 atom stereocenters. The van der Waals surface area contributed by atoms with Gasteiger partial charge in [0.25, 0.3) is 5.69 Å². The Morgan fingerprint density at radius 1 is 1.13 bits per heavy atom. The molecule has 30 heavy (non-hydrogen) atoms. The van der Waals surface area contributed by atoms with Crippen LogP contribution in [0, 0.1) is 17.0 Å². The molecule has 0 aliphatic carbocycles. The van der Waals surface area contributed by atoms with Crippen molar-refractivity contribution in [2.75, 3.05) is 19.4 Å². The van der Waals surface area contributed by atoms with E-state index in [0.717, 1.165) is 35.6 Å². The summed E-state index contributed by atoms with van der Waals surface area (Å²) >= 11 is 0. The van der Waals surface area contributed by atoms with Crippen LogP contribution in [0.4, 0.5) is 5.69 Å². The first-order chi connectivity index (χ1) is 14.1. The fraction of sp³-hybridized carbons (Fsp3) is 0.300. The summed E-state index contributed by atoms with van der Waals surface area (Å²) in [5.41, 5.74) is 1.33. The van der Waals surface area contributed by atoms with Gasteiger partial charge in [0.15, 0.2) is 9.84 Å². The van der Waals surface area contributed by atoms with Crippen LogP contribution >= 0.6 is 0 Å². The number of rotatable bonds is 9. The van der Waals surface area contributed by atoms with Crippen LogP contribution in [0.15, 0.2) is 47.4 Å². The molecular weight excluding hydrogens is 412 g/mol. The van der Waals surface area contributed by atoms with Gasteiger partial charge >= 0.3 is 5.97 Å². The van der Waals surface area contributed by atoms with Gasteiger partial charge in [-0.3, -0.25) is 14.9 Å². The van der Waals surface area contributed by atoms with E-state index in [-0.39, 0.29) is 31.0 Å². The number of nitro benzene ring substituents is 1. The SMILES string of the molecule is Cc1ccc(CCC(=O)NCCOC(=O)c2ccc(S(C)(=O)=O)c([N+](=O)[O-])c2)cc1. The zero-order valence-electron chi connectivity index (χ0n) is 16.6. The molecule has 2 aromatic rings. The molecule has 2 rings (SSSR count). The van der Waals surface area contributed by atoms with Crippen LogP contribution in [0.5, 0.6) is 0 Å². The summed E-state index contributed by atoms with van der Waals surface area (Å²) in [5.74, 6) is -1.05. The minimum Gasteiger partial charge on any atom is -0.460 e. The molecule has 0 bridgehead atoms. The molecule has 0 aliphatic rings. The molecule has 0 aromatic heterocycles. The minimum absolute atomic E-state index is 0.0853. The lowest BCUT2D eigenvalue weighted by Crippen LogP contribution is -2.28. The van der Waals surface area contributed by atoms with E-state index in [4.69, 9.17) is 4.74 Å². The number of amides is 1. The normalized spacial score (nSPS) is 11.0. The summed E-state index contributed by atoms with van der Waals surface area (Å²) in [4.78, 5) is 33.7. The number of carbonyl (C=O) groups is 2. The first-order valence-corrected chi connectivity index (χ1v) is 10.9. The van der Waals surface area contributed by atoms with Crippen molar-refractivity contribution in [3.63, 3.8) is 0 Å². The number of benzene rings is 2. The lowest BCUT2D eigenvalue weighted by Gasteiger charge is -2.08. The third-order valence-electron chi connectivity index (χ3n) is 4.21. The van der Waals surface area contributed by atoms with Crippen molar-refractivity contribution >= 4 is 27.4 Å². The van der Waals surface area contributed by atoms with Gasteiger partial charge < -0.3 is 10.1 Å². The highest BCUT2D eigenvalue weighted by Crippen LogP contribution is 2.25. The molecule has 10 heteroatoms. The highest BCUT2D eigenvalue weighted by atomic mass is 32.2. The Balaban J connectivity index is 1.83. The lowest BCUT2D eigenvalue weighted by atomic mass is 10.1. The molecule has 0 spiro atoms. The van der Waals surface area contributed by atoms with E-state index < -0.39 is 31.3 Å². The fourth-order valence-corrected chi connectivity index (χ4v) is 3.45. The largest absolute Gasteiger partial charge is 0.460 e. The standard InChI is InChI=1S/C20H22N2O7S/c1-14-3-5-15(6-4-14)7-10-19(23)21-11-12-29-20(24)16-8-9-18(30(2,27)28)17(13-16)22(25)26/h3-6,8-9,13H,7,10-12H2,1-2H3,(H,21,23). The number of ether oxygens (including phenoxy) is 1. The second kappa shape index (κ2) is 9.97. The topological polar surface area (TPSA) is 133 Å². The summed E-state index contributed by atoms with van der Waals surface area (Å²) in [6.45, 7) is 1.94. The smallest absolute Gasteiger partial charge is 0.338 e. The van der Waals surface area contributed by atoms with Gasteiger partial charge in [-0.1, -0.05) is 29.8 Å². The van der Waals surface area contributed by atoms with E-state index in [0.29, 0.717) is 6.42 Å². The number of nitrogens with one attached hydrogen (secondary N) is 1.